The first-order valence-electron chi connectivity index (χ1n) is 3.52. The fourth-order valence-electron chi connectivity index (χ4n) is 1.29. The predicted octanol–water partition coefficient (Wildman–Crippen LogP) is 0.723. The highest BCUT2D eigenvalue weighted by molar-refractivity contribution is 5.85. The molecular formula is C7H14ClNO2. The molecule has 0 aromatic rings. The Kier molecular flexibility index (Phi) is 3.83. The van der Waals surface area contributed by atoms with Crippen LogP contribution in [0.5, 0.6) is 0 Å². The molecule has 0 radical (unpaired) electrons. The zero-order chi connectivity index (χ0) is 7.61. The van der Waals surface area contributed by atoms with Crippen LogP contribution in [0.3, 0.4) is 0 Å². The van der Waals surface area contributed by atoms with E-state index in [4.69, 9.17) is 0 Å². The first kappa shape index (κ1) is 10.7. The van der Waals surface area contributed by atoms with Crippen molar-refractivity contribution < 1.29 is 9.53 Å². The summed E-state index contributed by atoms with van der Waals surface area (Å²) in [5.74, 6) is -0.148. The second-order valence-corrected chi connectivity index (χ2v) is 2.85. The molecule has 0 saturated carbocycles. The van der Waals surface area contributed by atoms with E-state index in [-0.39, 0.29) is 18.4 Å². The van der Waals surface area contributed by atoms with Crippen molar-refractivity contribution in [2.75, 3.05) is 13.7 Å². The number of nitrogens with one attached hydrogen (secondary N) is 1. The Labute approximate surface area is 72.9 Å². The van der Waals surface area contributed by atoms with Gasteiger partial charge in [-0.25, -0.2) is 0 Å². The monoisotopic (exact) mass is 179 g/mol. The molecule has 1 heterocycles. The lowest BCUT2D eigenvalue weighted by molar-refractivity contribution is -0.147. The normalized spacial score (nSPS) is 29.3. The molecule has 1 atom stereocenters. The Bertz CT molecular complexity index is 143. The van der Waals surface area contributed by atoms with Gasteiger partial charge in [0.2, 0.25) is 0 Å². The molecule has 66 valence electrons. The topological polar surface area (TPSA) is 38.3 Å². The van der Waals surface area contributed by atoms with Crippen LogP contribution in [0.2, 0.25) is 0 Å². The summed E-state index contributed by atoms with van der Waals surface area (Å²) in [6.45, 7) is 2.80. The van der Waals surface area contributed by atoms with E-state index in [0.717, 1.165) is 19.4 Å². The first-order valence-corrected chi connectivity index (χ1v) is 3.52. The van der Waals surface area contributed by atoms with Gasteiger partial charge in [-0.05, 0) is 26.3 Å². The van der Waals surface area contributed by atoms with Crippen LogP contribution in [0.4, 0.5) is 0 Å². The highest BCUT2D eigenvalue weighted by atomic mass is 35.5. The zero-order valence-corrected chi connectivity index (χ0v) is 7.66. The molecule has 1 aliphatic rings. The van der Waals surface area contributed by atoms with Gasteiger partial charge in [0.05, 0.1) is 7.11 Å². The van der Waals surface area contributed by atoms with Crippen LogP contribution in [0.1, 0.15) is 19.8 Å². The Hall–Kier alpha value is -0.280. The summed E-state index contributed by atoms with van der Waals surface area (Å²) in [6.07, 6.45) is 1.95. The van der Waals surface area contributed by atoms with Gasteiger partial charge in [-0.3, -0.25) is 4.79 Å². The van der Waals surface area contributed by atoms with Gasteiger partial charge >= 0.3 is 5.97 Å². The van der Waals surface area contributed by atoms with Crippen LogP contribution >= 0.6 is 12.4 Å². The summed E-state index contributed by atoms with van der Waals surface area (Å²) in [5.41, 5.74) is -0.408. The number of carbonyl (C=O) groups excluding carboxylic acids is 1. The molecule has 11 heavy (non-hydrogen) atoms. The average Bonchev–Trinajstić information content (AvgIpc) is 2.36. The standard InChI is InChI=1S/C7H13NO2.ClH/c1-7(6(9)10-2)4-3-5-8-7;/h8H,3-5H2,1-2H3;1H/t7-;/m1./s1. The summed E-state index contributed by atoms with van der Waals surface area (Å²) >= 11 is 0. The summed E-state index contributed by atoms with van der Waals surface area (Å²) in [4.78, 5) is 11.1. The summed E-state index contributed by atoms with van der Waals surface area (Å²) < 4.78 is 4.64. The molecule has 0 amide bonds. The number of hydrogen-bond donors (Lipinski definition) is 1. The van der Waals surface area contributed by atoms with Gasteiger partial charge in [0.1, 0.15) is 5.54 Å². The molecule has 0 spiro atoms. The van der Waals surface area contributed by atoms with Crippen LogP contribution in [0.15, 0.2) is 0 Å². The van der Waals surface area contributed by atoms with E-state index in [0.29, 0.717) is 0 Å². The molecule has 1 saturated heterocycles. The lowest BCUT2D eigenvalue weighted by Gasteiger charge is -2.19. The molecule has 1 aliphatic heterocycles. The molecule has 0 aliphatic carbocycles. The minimum atomic E-state index is -0.408. The van der Waals surface area contributed by atoms with Gasteiger partial charge in [0, 0.05) is 0 Å². The van der Waals surface area contributed by atoms with E-state index in [9.17, 15) is 4.79 Å². The van der Waals surface area contributed by atoms with Crippen LogP contribution in [0.25, 0.3) is 0 Å². The van der Waals surface area contributed by atoms with Crippen LogP contribution < -0.4 is 5.32 Å². The van der Waals surface area contributed by atoms with Crippen molar-refractivity contribution in [3.63, 3.8) is 0 Å². The predicted molar refractivity (Wildman–Crippen MR) is 44.9 cm³/mol. The lowest BCUT2D eigenvalue weighted by Crippen LogP contribution is -2.45. The molecule has 0 unspecified atom stereocenters. The molecule has 1 fully saturated rings. The van der Waals surface area contributed by atoms with Crippen molar-refractivity contribution in [2.24, 2.45) is 0 Å². The van der Waals surface area contributed by atoms with Crippen LogP contribution in [0, 0.1) is 0 Å². The first-order chi connectivity index (χ1) is 4.69. The van der Waals surface area contributed by atoms with Gasteiger partial charge in [-0.1, -0.05) is 0 Å². The van der Waals surface area contributed by atoms with Gasteiger partial charge < -0.3 is 10.1 Å². The molecule has 3 nitrogen and oxygen atoms in total. The summed E-state index contributed by atoms with van der Waals surface area (Å²) in [6, 6.07) is 0. The molecular weight excluding hydrogens is 166 g/mol. The highest BCUT2D eigenvalue weighted by Gasteiger charge is 2.36. The van der Waals surface area contributed by atoms with Gasteiger partial charge in [0.25, 0.3) is 0 Å². The molecule has 0 bridgehead atoms. The van der Waals surface area contributed by atoms with Crippen molar-refractivity contribution in [1.82, 2.24) is 5.32 Å². The number of hydrogen-bond acceptors (Lipinski definition) is 3. The zero-order valence-electron chi connectivity index (χ0n) is 6.85. The maximum atomic E-state index is 11.1. The third kappa shape index (κ3) is 2.07. The number of methoxy groups -OCH3 is 1. The van der Waals surface area contributed by atoms with E-state index in [1.165, 1.54) is 7.11 Å². The largest absolute Gasteiger partial charge is 0.468 e. The maximum absolute atomic E-state index is 11.1. The second kappa shape index (κ2) is 3.93. The number of ether oxygens (including phenoxy) is 1. The van der Waals surface area contributed by atoms with Crippen LogP contribution in [-0.2, 0) is 9.53 Å². The Morgan fingerprint density at radius 3 is 2.64 bits per heavy atom. The van der Waals surface area contributed by atoms with Crippen molar-refractivity contribution in [3.8, 4) is 0 Å². The summed E-state index contributed by atoms with van der Waals surface area (Å²) in [5, 5.41) is 3.11. The van der Waals surface area contributed by atoms with Gasteiger partial charge in [0.15, 0.2) is 0 Å². The number of halogens is 1. The quantitative estimate of drug-likeness (QED) is 0.603. The SMILES string of the molecule is COC(=O)[C@@]1(C)CCCN1.Cl. The number of esters is 1. The molecule has 0 aromatic heterocycles. The fraction of sp³-hybridized carbons (Fsp3) is 0.857. The van der Waals surface area contributed by atoms with E-state index in [2.05, 4.69) is 10.1 Å². The van der Waals surface area contributed by atoms with Gasteiger partial charge in [-0.15, -0.1) is 12.4 Å². The highest BCUT2D eigenvalue weighted by Crippen LogP contribution is 2.19. The van der Waals surface area contributed by atoms with E-state index in [1.807, 2.05) is 6.92 Å². The number of rotatable bonds is 1. The van der Waals surface area contributed by atoms with E-state index < -0.39 is 5.54 Å². The van der Waals surface area contributed by atoms with Crippen molar-refractivity contribution in [1.29, 1.82) is 0 Å². The van der Waals surface area contributed by atoms with Crippen LogP contribution in [-0.4, -0.2) is 25.2 Å². The second-order valence-electron chi connectivity index (χ2n) is 2.85. The Balaban J connectivity index is 0.000001000. The molecule has 0 aromatic carbocycles. The third-order valence-corrected chi connectivity index (χ3v) is 2.00. The molecule has 4 heteroatoms. The lowest BCUT2D eigenvalue weighted by atomic mass is 10.0. The van der Waals surface area contributed by atoms with Gasteiger partial charge in [-0.2, -0.15) is 0 Å². The fourth-order valence-corrected chi connectivity index (χ4v) is 1.29. The minimum absolute atomic E-state index is 0. The Morgan fingerprint density at radius 2 is 2.27 bits per heavy atom. The average molecular weight is 180 g/mol. The maximum Gasteiger partial charge on any atom is 0.325 e. The van der Waals surface area contributed by atoms with Crippen molar-refractivity contribution >= 4 is 18.4 Å². The Morgan fingerprint density at radius 1 is 1.64 bits per heavy atom. The third-order valence-electron chi connectivity index (χ3n) is 2.00. The number of carbonyl (C=O) groups is 1. The van der Waals surface area contributed by atoms with E-state index in [1.54, 1.807) is 0 Å². The van der Waals surface area contributed by atoms with Crippen molar-refractivity contribution in [3.05, 3.63) is 0 Å². The molecule has 1 N–H and O–H groups in total. The van der Waals surface area contributed by atoms with E-state index >= 15 is 0 Å². The molecule has 1 rings (SSSR count). The smallest absolute Gasteiger partial charge is 0.325 e. The summed E-state index contributed by atoms with van der Waals surface area (Å²) in [7, 11) is 1.42. The van der Waals surface area contributed by atoms with Crippen molar-refractivity contribution in [2.45, 2.75) is 25.3 Å². The minimum Gasteiger partial charge on any atom is -0.468 e.